The van der Waals surface area contributed by atoms with Gasteiger partial charge >= 0.3 is 5.97 Å². The highest BCUT2D eigenvalue weighted by Crippen LogP contribution is 2.57. The van der Waals surface area contributed by atoms with E-state index in [0.29, 0.717) is 5.41 Å². The lowest BCUT2D eigenvalue weighted by Crippen LogP contribution is -2.24. The summed E-state index contributed by atoms with van der Waals surface area (Å²) in [6, 6.07) is 8.10. The summed E-state index contributed by atoms with van der Waals surface area (Å²) in [6.45, 7) is 0. The second kappa shape index (κ2) is 2.84. The summed E-state index contributed by atoms with van der Waals surface area (Å²) < 4.78 is 0. The van der Waals surface area contributed by atoms with Crippen molar-refractivity contribution in [2.75, 3.05) is 0 Å². The number of hydrogen-bond acceptors (Lipinski definition) is 1. The number of carbonyl (C=O) groups is 1. The van der Waals surface area contributed by atoms with Crippen molar-refractivity contribution in [3.63, 3.8) is 0 Å². The van der Waals surface area contributed by atoms with Crippen molar-refractivity contribution in [3.8, 4) is 0 Å². The molecule has 1 fully saturated rings. The zero-order valence-corrected chi connectivity index (χ0v) is 8.57. The van der Waals surface area contributed by atoms with Crippen LogP contribution in [-0.2, 0) is 10.2 Å². The van der Waals surface area contributed by atoms with Gasteiger partial charge in [0.2, 0.25) is 0 Å². The quantitative estimate of drug-likeness (QED) is 0.760. The first-order chi connectivity index (χ1) is 7.23. The van der Waals surface area contributed by atoms with E-state index in [1.54, 1.807) is 0 Å². The van der Waals surface area contributed by atoms with E-state index >= 15 is 0 Å². The molecule has 2 aliphatic rings. The van der Waals surface area contributed by atoms with Crippen LogP contribution in [0.5, 0.6) is 0 Å². The monoisotopic (exact) mass is 202 g/mol. The SMILES string of the molecule is O=C(O)C1CCC2(CC2)c2ccccc21. The molecule has 2 aliphatic carbocycles. The minimum absolute atomic E-state index is 0.271. The Balaban J connectivity index is 2.12. The van der Waals surface area contributed by atoms with Crippen molar-refractivity contribution in [3.05, 3.63) is 35.4 Å². The maximum Gasteiger partial charge on any atom is 0.310 e. The molecule has 1 aromatic rings. The second-order valence-electron chi connectivity index (χ2n) is 4.80. The molecule has 0 heterocycles. The molecule has 1 aromatic carbocycles. The fraction of sp³-hybridized carbons (Fsp3) is 0.462. The van der Waals surface area contributed by atoms with E-state index in [0.717, 1.165) is 18.4 Å². The molecular weight excluding hydrogens is 188 g/mol. The lowest BCUT2D eigenvalue weighted by atomic mass is 9.74. The topological polar surface area (TPSA) is 37.3 Å². The zero-order chi connectivity index (χ0) is 10.5. The molecule has 2 nitrogen and oxygen atoms in total. The minimum atomic E-state index is -0.669. The van der Waals surface area contributed by atoms with Gasteiger partial charge in [0.1, 0.15) is 0 Å². The summed E-state index contributed by atoms with van der Waals surface area (Å²) in [4.78, 5) is 11.1. The van der Waals surface area contributed by atoms with Gasteiger partial charge in [-0.3, -0.25) is 4.79 Å². The Morgan fingerprint density at radius 1 is 1.27 bits per heavy atom. The number of carboxylic acids is 1. The highest BCUT2D eigenvalue weighted by Gasteiger charge is 2.49. The van der Waals surface area contributed by atoms with E-state index in [1.807, 2.05) is 18.2 Å². The first kappa shape index (κ1) is 8.96. The third-order valence-corrected chi connectivity index (χ3v) is 3.97. The van der Waals surface area contributed by atoms with Gasteiger partial charge in [-0.2, -0.15) is 0 Å². The summed E-state index contributed by atoms with van der Waals surface area (Å²) in [5.41, 5.74) is 2.74. The average molecular weight is 202 g/mol. The van der Waals surface area contributed by atoms with Gasteiger partial charge in [0.05, 0.1) is 5.92 Å². The van der Waals surface area contributed by atoms with Crippen LogP contribution in [0.25, 0.3) is 0 Å². The van der Waals surface area contributed by atoms with Crippen molar-refractivity contribution in [2.45, 2.75) is 37.0 Å². The number of fused-ring (bicyclic) bond motifs is 2. The van der Waals surface area contributed by atoms with Crippen molar-refractivity contribution >= 4 is 5.97 Å². The molecule has 0 saturated heterocycles. The van der Waals surface area contributed by atoms with Crippen molar-refractivity contribution in [1.29, 1.82) is 0 Å². The standard InChI is InChI=1S/C13H14O2/c14-12(15)10-5-6-13(7-8-13)11-4-2-1-3-9(10)11/h1-4,10H,5-8H2,(H,14,15). The maximum atomic E-state index is 11.1. The maximum absolute atomic E-state index is 11.1. The van der Waals surface area contributed by atoms with Crippen LogP contribution in [0.15, 0.2) is 24.3 Å². The molecule has 1 atom stereocenters. The summed E-state index contributed by atoms with van der Waals surface area (Å²) in [5.74, 6) is -0.939. The van der Waals surface area contributed by atoms with E-state index in [2.05, 4.69) is 6.07 Å². The third-order valence-electron chi connectivity index (χ3n) is 3.97. The highest BCUT2D eigenvalue weighted by atomic mass is 16.4. The van der Waals surface area contributed by atoms with E-state index in [-0.39, 0.29) is 5.92 Å². The van der Waals surface area contributed by atoms with Gasteiger partial charge in [-0.25, -0.2) is 0 Å². The van der Waals surface area contributed by atoms with Gasteiger partial charge in [-0.05, 0) is 42.2 Å². The highest BCUT2D eigenvalue weighted by molar-refractivity contribution is 5.77. The van der Waals surface area contributed by atoms with Crippen LogP contribution in [0.2, 0.25) is 0 Å². The van der Waals surface area contributed by atoms with Crippen molar-refractivity contribution in [1.82, 2.24) is 0 Å². The second-order valence-corrected chi connectivity index (χ2v) is 4.80. The third kappa shape index (κ3) is 1.21. The molecule has 0 radical (unpaired) electrons. The van der Waals surface area contributed by atoms with Crippen LogP contribution >= 0.6 is 0 Å². The van der Waals surface area contributed by atoms with Gasteiger partial charge in [-0.15, -0.1) is 0 Å². The predicted molar refractivity (Wildman–Crippen MR) is 57.0 cm³/mol. The summed E-state index contributed by atoms with van der Waals surface area (Å²) in [7, 11) is 0. The molecule has 1 unspecified atom stereocenters. The van der Waals surface area contributed by atoms with Gasteiger partial charge < -0.3 is 5.11 Å². The Bertz CT molecular complexity index is 418. The van der Waals surface area contributed by atoms with Crippen LogP contribution in [0.3, 0.4) is 0 Å². The smallest absolute Gasteiger partial charge is 0.310 e. The molecule has 78 valence electrons. The van der Waals surface area contributed by atoms with Crippen molar-refractivity contribution < 1.29 is 9.90 Å². The fourth-order valence-electron chi connectivity index (χ4n) is 2.92. The van der Waals surface area contributed by atoms with Gasteiger partial charge in [0, 0.05) is 0 Å². The minimum Gasteiger partial charge on any atom is -0.481 e. The molecule has 1 saturated carbocycles. The lowest BCUT2D eigenvalue weighted by Gasteiger charge is -2.29. The summed E-state index contributed by atoms with van der Waals surface area (Å²) in [5, 5.41) is 9.18. The number of rotatable bonds is 1. The van der Waals surface area contributed by atoms with E-state index < -0.39 is 5.97 Å². The number of carboxylic acid groups (broad SMARTS) is 1. The molecule has 3 rings (SSSR count). The molecule has 0 aliphatic heterocycles. The number of benzene rings is 1. The van der Waals surface area contributed by atoms with Gasteiger partial charge in [-0.1, -0.05) is 24.3 Å². The predicted octanol–water partition coefficient (Wildman–Crippen LogP) is 2.68. The van der Waals surface area contributed by atoms with E-state index in [9.17, 15) is 9.90 Å². The van der Waals surface area contributed by atoms with Crippen LogP contribution in [0, 0.1) is 0 Å². The molecule has 1 N–H and O–H groups in total. The zero-order valence-electron chi connectivity index (χ0n) is 8.57. The Morgan fingerprint density at radius 3 is 2.67 bits per heavy atom. The van der Waals surface area contributed by atoms with E-state index in [4.69, 9.17) is 0 Å². The fourth-order valence-corrected chi connectivity index (χ4v) is 2.92. The van der Waals surface area contributed by atoms with E-state index in [1.165, 1.54) is 18.4 Å². The van der Waals surface area contributed by atoms with Crippen LogP contribution in [-0.4, -0.2) is 11.1 Å². The molecular formula is C13H14O2. The molecule has 1 spiro atoms. The lowest BCUT2D eigenvalue weighted by molar-refractivity contribution is -0.139. The first-order valence-electron chi connectivity index (χ1n) is 5.55. The Hall–Kier alpha value is -1.31. The van der Waals surface area contributed by atoms with Crippen LogP contribution in [0.1, 0.15) is 42.7 Å². The molecule has 15 heavy (non-hydrogen) atoms. The molecule has 0 aromatic heterocycles. The molecule has 0 amide bonds. The average Bonchev–Trinajstić information content (AvgIpc) is 2.99. The normalized spacial score (nSPS) is 26.0. The Kier molecular flexibility index (Phi) is 1.70. The molecule has 2 heteroatoms. The largest absolute Gasteiger partial charge is 0.481 e. The Labute approximate surface area is 88.9 Å². The van der Waals surface area contributed by atoms with Gasteiger partial charge in [0.15, 0.2) is 0 Å². The summed E-state index contributed by atoms with van der Waals surface area (Å²) in [6.07, 6.45) is 4.36. The van der Waals surface area contributed by atoms with Crippen LogP contribution in [0.4, 0.5) is 0 Å². The number of aliphatic carboxylic acids is 1. The summed E-state index contributed by atoms with van der Waals surface area (Å²) >= 11 is 0. The van der Waals surface area contributed by atoms with Gasteiger partial charge in [0.25, 0.3) is 0 Å². The molecule has 0 bridgehead atoms. The Morgan fingerprint density at radius 2 is 2.00 bits per heavy atom. The first-order valence-corrected chi connectivity index (χ1v) is 5.55. The van der Waals surface area contributed by atoms with Crippen LogP contribution < -0.4 is 0 Å². The number of hydrogen-bond donors (Lipinski definition) is 1. The van der Waals surface area contributed by atoms with Crippen molar-refractivity contribution in [2.24, 2.45) is 0 Å².